The normalized spacial score (nSPS) is 8.11. The van der Waals surface area contributed by atoms with Gasteiger partial charge < -0.3 is 4.74 Å². The highest BCUT2D eigenvalue weighted by Crippen LogP contribution is 1.87. The second-order valence-corrected chi connectivity index (χ2v) is 1.25. The minimum absolute atomic E-state index is 0.103. The first-order chi connectivity index (χ1) is 4.31. The van der Waals surface area contributed by atoms with Gasteiger partial charge in [0, 0.05) is 4.53 Å². The first-order valence-electron chi connectivity index (χ1n) is 2.37. The van der Waals surface area contributed by atoms with E-state index >= 15 is 0 Å². The third-order valence-corrected chi connectivity index (χ3v) is 0.605. The molecule has 0 bridgehead atoms. The molecule has 3 nitrogen and oxygen atoms in total. The van der Waals surface area contributed by atoms with E-state index in [0.717, 1.165) is 0 Å². The lowest BCUT2D eigenvalue weighted by Gasteiger charge is -1.94. The molecule has 0 aliphatic carbocycles. The largest absolute Gasteiger partial charge is 0.544 e. The third-order valence-electron chi connectivity index (χ3n) is 0.605. The van der Waals surface area contributed by atoms with E-state index in [4.69, 9.17) is 0 Å². The lowest BCUT2D eigenvalue weighted by molar-refractivity contribution is -0.1000. The smallest absolute Gasteiger partial charge is 0.432 e. The Morgan fingerprint density at radius 2 is 2.44 bits per heavy atom. The molecule has 0 atom stereocenters. The molecule has 9 heavy (non-hydrogen) atoms. The minimum atomic E-state index is -1.31. The van der Waals surface area contributed by atoms with Gasteiger partial charge in [-0.05, 0) is 6.42 Å². The lowest BCUT2D eigenvalue weighted by Crippen LogP contribution is -2.02. The Morgan fingerprint density at radius 1 is 1.78 bits per heavy atom. The molecular weight excluding hydrogens is 127 g/mol. The van der Waals surface area contributed by atoms with Crippen LogP contribution in [0.5, 0.6) is 0 Å². The Hall–Kier alpha value is -1.06. The zero-order chi connectivity index (χ0) is 7.11. The van der Waals surface area contributed by atoms with E-state index < -0.39 is 6.16 Å². The van der Waals surface area contributed by atoms with Crippen molar-refractivity contribution >= 4 is 6.16 Å². The van der Waals surface area contributed by atoms with E-state index in [1.54, 1.807) is 6.08 Å². The van der Waals surface area contributed by atoms with Gasteiger partial charge in [-0.1, -0.05) is 6.08 Å². The van der Waals surface area contributed by atoms with Gasteiger partial charge in [0.1, 0.15) is 0 Å². The van der Waals surface area contributed by atoms with E-state index in [-0.39, 0.29) is 6.61 Å². The fourth-order valence-corrected chi connectivity index (χ4v) is 0.248. The van der Waals surface area contributed by atoms with Gasteiger partial charge in [0.2, 0.25) is 0 Å². The maximum atomic E-state index is 10.8. The van der Waals surface area contributed by atoms with Gasteiger partial charge in [-0.25, -0.2) is 9.74 Å². The van der Waals surface area contributed by atoms with Gasteiger partial charge in [0.05, 0.1) is 6.61 Å². The van der Waals surface area contributed by atoms with Gasteiger partial charge in [-0.15, -0.1) is 6.58 Å². The summed E-state index contributed by atoms with van der Waals surface area (Å²) in [7, 11) is 0. The summed E-state index contributed by atoms with van der Waals surface area (Å²) >= 11 is 0. The number of ether oxygens (including phenoxy) is 1. The highest BCUT2D eigenvalue weighted by atomic mass is 19.3. The zero-order valence-corrected chi connectivity index (χ0v) is 4.80. The van der Waals surface area contributed by atoms with Crippen LogP contribution in [0.25, 0.3) is 0 Å². The van der Waals surface area contributed by atoms with Crippen molar-refractivity contribution in [2.75, 3.05) is 6.61 Å². The fourth-order valence-electron chi connectivity index (χ4n) is 0.248. The predicted molar refractivity (Wildman–Crippen MR) is 28.4 cm³/mol. The van der Waals surface area contributed by atoms with E-state index in [2.05, 4.69) is 16.3 Å². The molecule has 0 radical (unpaired) electrons. The number of hydrogen-bond donors (Lipinski definition) is 0. The van der Waals surface area contributed by atoms with Crippen LogP contribution in [0.4, 0.5) is 9.32 Å². The second kappa shape index (κ2) is 5.08. The zero-order valence-electron chi connectivity index (χ0n) is 4.80. The summed E-state index contributed by atoms with van der Waals surface area (Å²) in [6.45, 7) is 3.46. The molecular formula is C5H7FO3. The molecule has 0 amide bonds. The van der Waals surface area contributed by atoms with E-state index in [0.29, 0.717) is 6.42 Å². The summed E-state index contributed by atoms with van der Waals surface area (Å²) in [4.78, 5) is 12.5. The van der Waals surface area contributed by atoms with Crippen LogP contribution < -0.4 is 0 Å². The van der Waals surface area contributed by atoms with Crippen LogP contribution in [0.2, 0.25) is 0 Å². The molecule has 0 aromatic rings. The Bertz CT molecular complexity index is 102. The summed E-state index contributed by atoms with van der Waals surface area (Å²) in [5.41, 5.74) is 0. The van der Waals surface area contributed by atoms with E-state index in [1.165, 1.54) is 0 Å². The Labute approximate surface area is 52.0 Å². The molecule has 0 spiro atoms. The monoisotopic (exact) mass is 134 g/mol. The van der Waals surface area contributed by atoms with Crippen LogP contribution in [0, 0.1) is 0 Å². The quantitative estimate of drug-likeness (QED) is 0.334. The van der Waals surface area contributed by atoms with Crippen molar-refractivity contribution in [3.8, 4) is 0 Å². The Balaban J connectivity index is 3.06. The average molecular weight is 134 g/mol. The van der Waals surface area contributed by atoms with Crippen molar-refractivity contribution in [1.82, 2.24) is 0 Å². The summed E-state index contributed by atoms with van der Waals surface area (Å²) < 4.78 is 14.9. The molecule has 0 saturated heterocycles. The molecule has 0 aromatic carbocycles. The van der Waals surface area contributed by atoms with Crippen molar-refractivity contribution in [3.05, 3.63) is 12.7 Å². The van der Waals surface area contributed by atoms with Crippen LogP contribution in [0.3, 0.4) is 0 Å². The molecule has 0 fully saturated rings. The van der Waals surface area contributed by atoms with Crippen molar-refractivity contribution in [3.63, 3.8) is 0 Å². The van der Waals surface area contributed by atoms with Crippen LogP contribution in [-0.4, -0.2) is 12.8 Å². The van der Waals surface area contributed by atoms with Crippen molar-refractivity contribution in [2.24, 2.45) is 0 Å². The number of carbonyl (C=O) groups is 1. The summed E-state index contributed by atoms with van der Waals surface area (Å²) in [5, 5.41) is 0. The fraction of sp³-hybridized carbons (Fsp3) is 0.400. The van der Waals surface area contributed by atoms with E-state index in [1.807, 2.05) is 0 Å². The lowest BCUT2D eigenvalue weighted by atomic mass is 10.5. The van der Waals surface area contributed by atoms with Crippen LogP contribution in [0.15, 0.2) is 12.7 Å². The Morgan fingerprint density at radius 3 is 2.89 bits per heavy atom. The predicted octanol–water partition coefficient (Wildman–Crippen LogP) is 1.60. The van der Waals surface area contributed by atoms with Gasteiger partial charge in [0.15, 0.2) is 0 Å². The summed E-state index contributed by atoms with van der Waals surface area (Å²) in [6, 6.07) is 0. The van der Waals surface area contributed by atoms with Crippen LogP contribution in [-0.2, 0) is 9.68 Å². The summed E-state index contributed by atoms with van der Waals surface area (Å²) in [6.07, 6.45) is 0.734. The van der Waals surface area contributed by atoms with Gasteiger partial charge in [-0.2, -0.15) is 0 Å². The van der Waals surface area contributed by atoms with E-state index in [9.17, 15) is 9.32 Å². The molecule has 4 heteroatoms. The minimum Gasteiger partial charge on any atom is -0.432 e. The third kappa shape index (κ3) is 4.80. The maximum absolute atomic E-state index is 10.8. The second-order valence-electron chi connectivity index (χ2n) is 1.25. The van der Waals surface area contributed by atoms with Gasteiger partial charge >= 0.3 is 6.16 Å². The molecule has 0 aromatic heterocycles. The first kappa shape index (κ1) is 7.94. The highest BCUT2D eigenvalue weighted by Gasteiger charge is 1.99. The van der Waals surface area contributed by atoms with Gasteiger partial charge in [-0.3, -0.25) is 0 Å². The molecule has 0 unspecified atom stereocenters. The molecule has 0 heterocycles. The van der Waals surface area contributed by atoms with Crippen molar-refractivity contribution < 1.29 is 19.0 Å². The molecule has 0 aliphatic heterocycles. The molecule has 0 rings (SSSR count). The Kier molecular flexibility index (Phi) is 4.49. The molecule has 52 valence electrons. The average Bonchev–Trinajstić information content (AvgIpc) is 1.89. The number of hydrogen-bond acceptors (Lipinski definition) is 3. The SMILES string of the molecule is C=CCCOC(=O)OF. The highest BCUT2D eigenvalue weighted by molar-refractivity contribution is 5.58. The van der Waals surface area contributed by atoms with Crippen LogP contribution >= 0.6 is 0 Å². The molecule has 0 saturated carbocycles. The number of carbonyl (C=O) groups excluding carboxylic acids is 1. The summed E-state index contributed by atoms with van der Waals surface area (Å²) in [5.74, 6) is 0. The molecule has 0 N–H and O–H groups in total. The van der Waals surface area contributed by atoms with Crippen molar-refractivity contribution in [1.29, 1.82) is 0 Å². The number of rotatable bonds is 3. The first-order valence-corrected chi connectivity index (χ1v) is 2.37. The number of halogens is 1. The maximum Gasteiger partial charge on any atom is 0.544 e. The van der Waals surface area contributed by atoms with Crippen LogP contribution in [0.1, 0.15) is 6.42 Å². The molecule has 0 aliphatic rings. The van der Waals surface area contributed by atoms with Crippen molar-refractivity contribution in [2.45, 2.75) is 6.42 Å². The van der Waals surface area contributed by atoms with Gasteiger partial charge in [0.25, 0.3) is 0 Å². The standard InChI is InChI=1S/C5H7FO3/c1-2-3-4-8-5(7)9-6/h2H,1,3-4H2. The topological polar surface area (TPSA) is 35.5 Å².